The summed E-state index contributed by atoms with van der Waals surface area (Å²) in [6, 6.07) is 18.3. The first-order chi connectivity index (χ1) is 21.8. The third kappa shape index (κ3) is 8.13. The summed E-state index contributed by atoms with van der Waals surface area (Å²) < 4.78 is 13.2. The lowest BCUT2D eigenvalue weighted by Crippen LogP contribution is -2.36. The number of nitrogens with one attached hydrogen (secondary N) is 2. The summed E-state index contributed by atoms with van der Waals surface area (Å²) in [5, 5.41) is 28.7. The van der Waals surface area contributed by atoms with Gasteiger partial charge in [0.15, 0.2) is 0 Å². The van der Waals surface area contributed by atoms with Crippen LogP contribution in [0.2, 0.25) is 5.02 Å². The number of urea groups is 1. The molecular weight excluding hydrogens is 598 g/mol. The lowest BCUT2D eigenvalue weighted by Gasteiger charge is -2.30. The molecule has 0 bridgehead atoms. The van der Waals surface area contributed by atoms with Gasteiger partial charge in [0.05, 0.1) is 31.1 Å². The zero-order valence-electron chi connectivity index (χ0n) is 24.9. The number of carbonyl (C=O) groups is 2. The fourth-order valence-corrected chi connectivity index (χ4v) is 5.33. The summed E-state index contributed by atoms with van der Waals surface area (Å²) in [6.45, 7) is 2.76. The van der Waals surface area contributed by atoms with Gasteiger partial charge < -0.3 is 30.3 Å². The number of hydrogen-bond acceptors (Lipinski definition) is 7. The van der Waals surface area contributed by atoms with E-state index in [0.717, 1.165) is 46.3 Å². The molecule has 12 heteroatoms. The Balaban J connectivity index is 1.21. The molecule has 1 aliphatic heterocycles. The van der Waals surface area contributed by atoms with Crippen LogP contribution in [0.1, 0.15) is 23.1 Å². The highest BCUT2D eigenvalue weighted by molar-refractivity contribution is 6.31. The fraction of sp³-hybridized carbons (Fsp3) is 0.303. The van der Waals surface area contributed by atoms with Crippen molar-refractivity contribution in [3.8, 4) is 16.9 Å². The lowest BCUT2D eigenvalue weighted by molar-refractivity contribution is 0.0965. The molecule has 0 spiro atoms. The number of hydrogen-bond donors (Lipinski definition) is 4. The van der Waals surface area contributed by atoms with E-state index in [1.54, 1.807) is 17.0 Å². The SMILES string of the molecule is Cc1c(Cl)cccc1OCCOC(=O)N1CCCc2c(-c3cnn(Cc4cccc(NC(=O)NCC(O)CO)c4)c3)cccc21. The second-order valence-electron chi connectivity index (χ2n) is 10.7. The monoisotopic (exact) mass is 633 g/mol. The molecule has 4 N–H and O–H groups in total. The topological polar surface area (TPSA) is 138 Å². The Labute approximate surface area is 266 Å². The summed E-state index contributed by atoms with van der Waals surface area (Å²) in [7, 11) is 0. The number of fused-ring (bicyclic) bond motifs is 1. The van der Waals surface area contributed by atoms with Gasteiger partial charge in [0.25, 0.3) is 0 Å². The summed E-state index contributed by atoms with van der Waals surface area (Å²) in [5.74, 6) is 0.663. The van der Waals surface area contributed by atoms with E-state index >= 15 is 0 Å². The number of halogens is 1. The zero-order chi connectivity index (χ0) is 31.8. The van der Waals surface area contributed by atoms with Gasteiger partial charge in [-0.05, 0) is 66.8 Å². The maximum atomic E-state index is 13.1. The van der Waals surface area contributed by atoms with E-state index in [1.807, 2.05) is 72.5 Å². The molecule has 1 aliphatic rings. The number of nitrogens with zero attached hydrogens (tertiary/aromatic N) is 3. The first-order valence-corrected chi connectivity index (χ1v) is 15.1. The van der Waals surface area contributed by atoms with Crippen molar-refractivity contribution >= 4 is 35.1 Å². The molecule has 0 saturated carbocycles. The minimum atomic E-state index is -1.02. The van der Waals surface area contributed by atoms with E-state index in [-0.39, 0.29) is 19.8 Å². The molecule has 2 heterocycles. The molecule has 5 rings (SSSR count). The summed E-state index contributed by atoms with van der Waals surface area (Å²) in [6.07, 6.45) is 3.97. The van der Waals surface area contributed by atoms with Crippen LogP contribution in [0.25, 0.3) is 11.1 Å². The van der Waals surface area contributed by atoms with Gasteiger partial charge in [-0.15, -0.1) is 0 Å². The number of benzene rings is 3. The Hall–Kier alpha value is -4.58. The van der Waals surface area contributed by atoms with Gasteiger partial charge in [-0.25, -0.2) is 9.59 Å². The Bertz CT molecular complexity index is 1640. The van der Waals surface area contributed by atoms with Gasteiger partial charge in [0.1, 0.15) is 19.0 Å². The third-order valence-corrected chi connectivity index (χ3v) is 7.85. The standard InChI is InChI=1S/C33H36ClN5O6/c1-22-29(34)10-4-12-31(22)44-14-15-45-33(43)39-13-5-9-28-27(8-3-11-30(28)39)24-17-36-38(20-24)19-23-6-2-7-25(16-23)37-32(42)35-18-26(41)21-40/h2-4,6-8,10-12,16-17,20,26,40-41H,5,9,13-15,18-19,21H2,1H3,(H2,35,37,42). The minimum Gasteiger partial charge on any atom is -0.490 e. The van der Waals surface area contributed by atoms with Crippen molar-refractivity contribution in [3.63, 3.8) is 0 Å². The molecule has 11 nitrogen and oxygen atoms in total. The first kappa shape index (κ1) is 31.8. The van der Waals surface area contributed by atoms with Crippen molar-refractivity contribution in [2.45, 2.75) is 32.4 Å². The number of amides is 3. The Morgan fingerprint density at radius 2 is 1.93 bits per heavy atom. The molecule has 0 radical (unpaired) electrons. The molecule has 236 valence electrons. The Morgan fingerprint density at radius 3 is 2.78 bits per heavy atom. The van der Waals surface area contributed by atoms with Crippen molar-refractivity contribution in [2.24, 2.45) is 0 Å². The molecule has 0 aliphatic carbocycles. The highest BCUT2D eigenvalue weighted by Gasteiger charge is 2.26. The van der Waals surface area contributed by atoms with Crippen molar-refractivity contribution in [2.75, 3.05) is 43.1 Å². The summed E-state index contributed by atoms with van der Waals surface area (Å²) >= 11 is 6.16. The number of rotatable bonds is 11. The van der Waals surface area contributed by atoms with Gasteiger partial charge in [-0.1, -0.05) is 41.9 Å². The van der Waals surface area contributed by atoms with Crippen LogP contribution >= 0.6 is 11.6 Å². The third-order valence-electron chi connectivity index (χ3n) is 7.44. The van der Waals surface area contributed by atoms with E-state index in [2.05, 4.69) is 15.7 Å². The van der Waals surface area contributed by atoms with Crippen LogP contribution in [0.5, 0.6) is 5.75 Å². The van der Waals surface area contributed by atoms with Gasteiger partial charge in [0, 0.05) is 41.1 Å². The van der Waals surface area contributed by atoms with Crippen LogP contribution in [0.4, 0.5) is 21.0 Å². The first-order valence-electron chi connectivity index (χ1n) is 14.7. The predicted octanol–water partition coefficient (Wildman–Crippen LogP) is 5.00. The number of aliphatic hydroxyl groups excluding tert-OH is 2. The average Bonchev–Trinajstić information content (AvgIpc) is 3.51. The van der Waals surface area contributed by atoms with Crippen LogP contribution in [0, 0.1) is 6.92 Å². The van der Waals surface area contributed by atoms with E-state index in [9.17, 15) is 14.7 Å². The van der Waals surface area contributed by atoms with Gasteiger partial charge in [-0.2, -0.15) is 5.10 Å². The molecule has 1 unspecified atom stereocenters. The zero-order valence-corrected chi connectivity index (χ0v) is 25.7. The van der Waals surface area contributed by atoms with Crippen molar-refractivity contribution < 1.29 is 29.3 Å². The Morgan fingerprint density at radius 1 is 1.11 bits per heavy atom. The number of carbonyl (C=O) groups excluding carboxylic acids is 2. The molecule has 3 aromatic carbocycles. The van der Waals surface area contributed by atoms with Crippen LogP contribution in [0.15, 0.2) is 73.1 Å². The molecule has 0 fully saturated rings. The van der Waals surface area contributed by atoms with Crippen LogP contribution in [-0.2, 0) is 17.7 Å². The molecule has 1 aromatic heterocycles. The number of aromatic nitrogens is 2. The second kappa shape index (κ2) is 14.9. The smallest absolute Gasteiger partial charge is 0.414 e. The predicted molar refractivity (Wildman–Crippen MR) is 172 cm³/mol. The van der Waals surface area contributed by atoms with E-state index in [4.69, 9.17) is 26.2 Å². The minimum absolute atomic E-state index is 0.0558. The number of anilines is 2. The van der Waals surface area contributed by atoms with E-state index < -0.39 is 24.8 Å². The van der Waals surface area contributed by atoms with Crippen LogP contribution in [0.3, 0.4) is 0 Å². The summed E-state index contributed by atoms with van der Waals surface area (Å²) in [5.41, 5.74) is 6.19. The van der Waals surface area contributed by atoms with E-state index in [0.29, 0.717) is 29.5 Å². The molecule has 45 heavy (non-hydrogen) atoms. The van der Waals surface area contributed by atoms with Crippen molar-refractivity contribution in [1.29, 1.82) is 0 Å². The van der Waals surface area contributed by atoms with E-state index in [1.165, 1.54) is 0 Å². The number of ether oxygens (including phenoxy) is 2. The Kier molecular flexibility index (Phi) is 10.6. The molecular formula is C33H36ClN5O6. The molecule has 4 aromatic rings. The summed E-state index contributed by atoms with van der Waals surface area (Å²) in [4.78, 5) is 26.9. The van der Waals surface area contributed by atoms with Crippen molar-refractivity contribution in [1.82, 2.24) is 15.1 Å². The number of aliphatic hydroxyl groups is 2. The maximum absolute atomic E-state index is 13.1. The van der Waals surface area contributed by atoms with Crippen molar-refractivity contribution in [3.05, 3.63) is 94.8 Å². The van der Waals surface area contributed by atoms with Gasteiger partial charge in [-0.3, -0.25) is 9.58 Å². The normalized spacial score (nSPS) is 13.1. The molecule has 0 saturated heterocycles. The van der Waals surface area contributed by atoms with Crippen LogP contribution in [-0.4, -0.2) is 71.1 Å². The highest BCUT2D eigenvalue weighted by Crippen LogP contribution is 2.36. The largest absolute Gasteiger partial charge is 0.490 e. The second-order valence-corrected chi connectivity index (χ2v) is 11.1. The lowest BCUT2D eigenvalue weighted by atomic mass is 9.93. The van der Waals surface area contributed by atoms with Crippen LogP contribution < -0.4 is 20.3 Å². The molecule has 1 atom stereocenters. The fourth-order valence-electron chi connectivity index (χ4n) is 5.16. The molecule has 3 amide bonds. The highest BCUT2D eigenvalue weighted by atomic mass is 35.5. The quantitative estimate of drug-likeness (QED) is 0.171. The maximum Gasteiger partial charge on any atom is 0.414 e. The van der Waals surface area contributed by atoms with Gasteiger partial charge >= 0.3 is 12.1 Å². The van der Waals surface area contributed by atoms with Gasteiger partial charge in [0.2, 0.25) is 0 Å². The average molecular weight is 634 g/mol.